The molecule has 1 fully saturated rings. The minimum atomic E-state index is 0.0317. The van der Waals surface area contributed by atoms with Crippen LogP contribution in [0, 0.1) is 0 Å². The number of hydrogen-bond donors (Lipinski definition) is 2. The molecule has 2 aliphatic rings. The second-order valence-electron chi connectivity index (χ2n) is 7.62. The molecule has 0 spiro atoms. The Morgan fingerprint density at radius 1 is 1.24 bits per heavy atom. The maximum absolute atomic E-state index is 12.3. The zero-order chi connectivity index (χ0) is 20.6. The number of aliphatic imine (C=N–C) groups is 1. The Morgan fingerprint density at radius 3 is 2.79 bits per heavy atom. The van der Waals surface area contributed by atoms with Crippen molar-refractivity contribution in [3.05, 3.63) is 18.2 Å². The maximum Gasteiger partial charge on any atom is 0.239 e. The lowest BCUT2D eigenvalue weighted by Gasteiger charge is -2.26. The Morgan fingerprint density at radius 2 is 2.03 bits per heavy atom. The molecule has 1 saturated heterocycles. The third-order valence-corrected chi connectivity index (χ3v) is 5.24. The lowest BCUT2D eigenvalue weighted by molar-refractivity contribution is -0.133. The Hall–Kier alpha value is -2.48. The first-order valence-corrected chi connectivity index (χ1v) is 10.4. The summed E-state index contributed by atoms with van der Waals surface area (Å²) in [5, 5.41) is 6.64. The van der Waals surface area contributed by atoms with Gasteiger partial charge in [-0.2, -0.15) is 0 Å². The zero-order valence-electron chi connectivity index (χ0n) is 17.7. The molecule has 2 heterocycles. The number of fused-ring (bicyclic) bond motifs is 1. The fourth-order valence-corrected chi connectivity index (χ4v) is 3.72. The maximum atomic E-state index is 12.3. The van der Waals surface area contributed by atoms with Crippen LogP contribution in [0.3, 0.4) is 0 Å². The highest BCUT2D eigenvalue weighted by molar-refractivity contribution is 5.93. The Balaban J connectivity index is 1.45. The molecule has 0 radical (unpaired) electrons. The van der Waals surface area contributed by atoms with Crippen LogP contribution in [-0.4, -0.2) is 81.7 Å². The minimum absolute atomic E-state index is 0.0317. The first kappa shape index (κ1) is 21.2. The van der Waals surface area contributed by atoms with Crippen LogP contribution in [0.2, 0.25) is 0 Å². The number of anilines is 1. The van der Waals surface area contributed by atoms with Gasteiger partial charge in [-0.05, 0) is 37.9 Å². The fraction of sp³-hybridized carbons (Fsp3) is 0.619. The van der Waals surface area contributed by atoms with Gasteiger partial charge >= 0.3 is 0 Å². The van der Waals surface area contributed by atoms with E-state index in [0.717, 1.165) is 62.5 Å². The molecule has 160 valence electrons. The number of guanidine groups is 1. The molecule has 1 amide bonds. The molecule has 1 atom stereocenters. The van der Waals surface area contributed by atoms with E-state index in [1.165, 1.54) is 0 Å². The van der Waals surface area contributed by atoms with E-state index >= 15 is 0 Å². The Kier molecular flexibility index (Phi) is 7.57. The number of carbonyl (C=O) groups excluding carboxylic acids is 1. The third-order valence-electron chi connectivity index (χ3n) is 5.24. The van der Waals surface area contributed by atoms with Gasteiger partial charge in [-0.3, -0.25) is 14.7 Å². The predicted octanol–water partition coefficient (Wildman–Crippen LogP) is 1.78. The van der Waals surface area contributed by atoms with Crippen LogP contribution in [0.15, 0.2) is 23.2 Å². The van der Waals surface area contributed by atoms with Gasteiger partial charge in [-0.25, -0.2) is 0 Å². The van der Waals surface area contributed by atoms with Crippen molar-refractivity contribution in [3.8, 4) is 11.5 Å². The van der Waals surface area contributed by atoms with Crippen LogP contribution in [0.25, 0.3) is 0 Å². The first-order chi connectivity index (χ1) is 14.1. The summed E-state index contributed by atoms with van der Waals surface area (Å²) in [6.45, 7) is 4.02. The second kappa shape index (κ2) is 10.3. The largest absolute Gasteiger partial charge is 0.490 e. The topological polar surface area (TPSA) is 78.4 Å². The van der Waals surface area contributed by atoms with Gasteiger partial charge < -0.3 is 25.0 Å². The normalized spacial score (nSPS) is 19.6. The molecule has 0 aliphatic carbocycles. The van der Waals surface area contributed by atoms with Crippen molar-refractivity contribution in [1.29, 1.82) is 0 Å². The van der Waals surface area contributed by atoms with E-state index in [4.69, 9.17) is 9.47 Å². The Bertz CT molecular complexity index is 722. The summed E-state index contributed by atoms with van der Waals surface area (Å²) in [5.74, 6) is 2.46. The molecular weight excluding hydrogens is 370 g/mol. The number of amides is 1. The number of rotatable bonds is 6. The van der Waals surface area contributed by atoms with Crippen LogP contribution in [-0.2, 0) is 4.79 Å². The van der Waals surface area contributed by atoms with E-state index in [-0.39, 0.29) is 11.9 Å². The number of ether oxygens (including phenoxy) is 2. The van der Waals surface area contributed by atoms with Crippen molar-refractivity contribution in [3.63, 3.8) is 0 Å². The van der Waals surface area contributed by atoms with E-state index in [9.17, 15) is 4.79 Å². The smallest absolute Gasteiger partial charge is 0.239 e. The summed E-state index contributed by atoms with van der Waals surface area (Å²) in [7, 11) is 5.41. The quantitative estimate of drug-likeness (QED) is 0.428. The van der Waals surface area contributed by atoms with Crippen molar-refractivity contribution in [1.82, 2.24) is 15.1 Å². The standard InChI is InChI=1S/C21H33N5O3/c1-22-21(24-16-8-9-18-19(15-16)29-14-6-13-28-18)23-10-5-12-26-11-4-7-17(26)20(27)25(2)3/h8-9,15,17H,4-7,10-14H2,1-3H3,(H2,22,23,24). The summed E-state index contributed by atoms with van der Waals surface area (Å²) >= 11 is 0. The number of carbonyl (C=O) groups is 1. The summed E-state index contributed by atoms with van der Waals surface area (Å²) in [4.78, 5) is 20.6. The lowest BCUT2D eigenvalue weighted by atomic mass is 10.2. The monoisotopic (exact) mass is 403 g/mol. The number of likely N-dealkylation sites (tertiary alicyclic amines) is 1. The van der Waals surface area contributed by atoms with Crippen LogP contribution < -0.4 is 20.1 Å². The van der Waals surface area contributed by atoms with Gasteiger partial charge in [0.2, 0.25) is 5.91 Å². The molecular formula is C21H33N5O3. The highest BCUT2D eigenvalue weighted by Crippen LogP contribution is 2.32. The van der Waals surface area contributed by atoms with Crippen molar-refractivity contribution in [2.45, 2.75) is 31.7 Å². The van der Waals surface area contributed by atoms with Crippen LogP contribution in [0.4, 0.5) is 5.69 Å². The molecule has 8 nitrogen and oxygen atoms in total. The van der Waals surface area contributed by atoms with Crippen molar-refractivity contribution < 1.29 is 14.3 Å². The van der Waals surface area contributed by atoms with E-state index in [1.54, 1.807) is 11.9 Å². The van der Waals surface area contributed by atoms with Gasteiger partial charge in [0.15, 0.2) is 17.5 Å². The first-order valence-electron chi connectivity index (χ1n) is 10.4. The molecule has 29 heavy (non-hydrogen) atoms. The summed E-state index contributed by atoms with van der Waals surface area (Å²) < 4.78 is 11.4. The van der Waals surface area contributed by atoms with E-state index < -0.39 is 0 Å². The number of hydrogen-bond acceptors (Lipinski definition) is 5. The average molecular weight is 404 g/mol. The molecule has 0 aromatic heterocycles. The van der Waals surface area contributed by atoms with Gasteiger partial charge in [0.25, 0.3) is 0 Å². The molecule has 2 aliphatic heterocycles. The van der Waals surface area contributed by atoms with Gasteiger partial charge in [0, 0.05) is 52.4 Å². The molecule has 1 aromatic rings. The lowest BCUT2D eigenvalue weighted by Crippen LogP contribution is -2.43. The van der Waals surface area contributed by atoms with Crippen LogP contribution in [0.1, 0.15) is 25.7 Å². The molecule has 3 rings (SSSR count). The number of likely N-dealkylation sites (N-methyl/N-ethyl adjacent to an activating group) is 1. The Labute approximate surface area is 173 Å². The van der Waals surface area contributed by atoms with Gasteiger partial charge in [0.1, 0.15) is 0 Å². The van der Waals surface area contributed by atoms with Gasteiger partial charge in [0.05, 0.1) is 19.3 Å². The molecule has 8 heteroatoms. The average Bonchev–Trinajstić information content (AvgIpc) is 3.06. The van der Waals surface area contributed by atoms with Crippen LogP contribution >= 0.6 is 0 Å². The van der Waals surface area contributed by atoms with Gasteiger partial charge in [-0.15, -0.1) is 0 Å². The number of benzene rings is 1. The summed E-state index contributed by atoms with van der Waals surface area (Å²) in [6.07, 6.45) is 3.88. The zero-order valence-corrected chi connectivity index (χ0v) is 17.7. The van der Waals surface area contributed by atoms with E-state index in [2.05, 4.69) is 20.5 Å². The van der Waals surface area contributed by atoms with E-state index in [1.807, 2.05) is 32.3 Å². The molecule has 0 saturated carbocycles. The van der Waals surface area contributed by atoms with Crippen molar-refractivity contribution in [2.24, 2.45) is 4.99 Å². The third kappa shape index (κ3) is 5.76. The second-order valence-corrected chi connectivity index (χ2v) is 7.62. The summed E-state index contributed by atoms with van der Waals surface area (Å²) in [6, 6.07) is 5.85. The molecule has 1 unspecified atom stereocenters. The van der Waals surface area contributed by atoms with Crippen LogP contribution in [0.5, 0.6) is 11.5 Å². The van der Waals surface area contributed by atoms with E-state index in [0.29, 0.717) is 19.2 Å². The highest BCUT2D eigenvalue weighted by Gasteiger charge is 2.30. The SMILES string of the molecule is CN=C(NCCCN1CCCC1C(=O)N(C)C)Nc1ccc2c(c1)OCCCO2. The highest BCUT2D eigenvalue weighted by atomic mass is 16.5. The molecule has 2 N–H and O–H groups in total. The van der Waals surface area contributed by atoms with Gasteiger partial charge in [-0.1, -0.05) is 0 Å². The fourth-order valence-electron chi connectivity index (χ4n) is 3.72. The van der Waals surface area contributed by atoms with Crippen molar-refractivity contribution in [2.75, 3.05) is 59.3 Å². The number of nitrogens with one attached hydrogen (secondary N) is 2. The van der Waals surface area contributed by atoms with Crippen molar-refractivity contribution >= 4 is 17.6 Å². The molecule has 1 aromatic carbocycles. The summed E-state index contributed by atoms with van der Waals surface area (Å²) in [5.41, 5.74) is 0.901. The predicted molar refractivity (Wildman–Crippen MR) is 115 cm³/mol. The minimum Gasteiger partial charge on any atom is -0.490 e. The molecule has 0 bridgehead atoms. The number of nitrogens with zero attached hydrogens (tertiary/aromatic N) is 3.